The predicted octanol–water partition coefficient (Wildman–Crippen LogP) is 4.78. The topological polar surface area (TPSA) is 62.2 Å². The van der Waals surface area contributed by atoms with E-state index in [0.717, 1.165) is 34.0 Å². The molecule has 1 aromatic heterocycles. The molecule has 6 rings (SSSR count). The Bertz CT molecular complexity index is 838. The van der Waals surface area contributed by atoms with Crippen molar-refractivity contribution in [3.63, 3.8) is 0 Å². The first-order valence-electron chi connectivity index (χ1n) is 10.5. The molecule has 1 amide bonds. The highest BCUT2D eigenvalue weighted by molar-refractivity contribution is 7.13. The summed E-state index contributed by atoms with van der Waals surface area (Å²) in [6.07, 6.45) is 8.55. The molecule has 28 heavy (non-hydrogen) atoms. The largest absolute Gasteiger partial charge is 0.508 e. The number of hydrogen-bond acceptors (Lipinski definition) is 4. The van der Waals surface area contributed by atoms with Crippen LogP contribution in [0.15, 0.2) is 29.6 Å². The van der Waals surface area contributed by atoms with Crippen LogP contribution < -0.4 is 5.32 Å². The molecule has 0 unspecified atom stereocenters. The van der Waals surface area contributed by atoms with Crippen LogP contribution in [0.5, 0.6) is 5.75 Å². The van der Waals surface area contributed by atoms with Gasteiger partial charge in [-0.1, -0.05) is 0 Å². The first-order chi connectivity index (χ1) is 13.5. The third-order valence-electron chi connectivity index (χ3n) is 7.39. The number of benzene rings is 1. The van der Waals surface area contributed by atoms with E-state index >= 15 is 0 Å². The summed E-state index contributed by atoms with van der Waals surface area (Å²) >= 11 is 1.54. The van der Waals surface area contributed by atoms with Gasteiger partial charge in [0.15, 0.2) is 0 Å². The molecule has 1 heterocycles. The van der Waals surface area contributed by atoms with Gasteiger partial charge in [-0.3, -0.25) is 4.79 Å². The number of nitrogens with zero attached hydrogens (tertiary/aromatic N) is 1. The smallest absolute Gasteiger partial charge is 0.226 e. The lowest BCUT2D eigenvalue weighted by Crippen LogP contribution is -2.56. The lowest BCUT2D eigenvalue weighted by Gasteiger charge is -2.59. The van der Waals surface area contributed by atoms with Gasteiger partial charge in [-0.15, -0.1) is 11.3 Å². The second kappa shape index (κ2) is 6.87. The number of phenols is 1. The third kappa shape index (κ3) is 3.34. The van der Waals surface area contributed by atoms with Crippen LogP contribution in [0, 0.1) is 23.2 Å². The zero-order valence-corrected chi connectivity index (χ0v) is 17.2. The first-order valence-corrected chi connectivity index (χ1v) is 11.4. The highest BCUT2D eigenvalue weighted by Crippen LogP contribution is 2.61. The fourth-order valence-corrected chi connectivity index (χ4v) is 7.27. The highest BCUT2D eigenvalue weighted by Gasteiger charge is 2.53. The molecule has 4 aliphatic rings. The quantitative estimate of drug-likeness (QED) is 0.765. The van der Waals surface area contributed by atoms with E-state index in [1.807, 2.05) is 17.5 Å². The molecule has 0 aliphatic heterocycles. The summed E-state index contributed by atoms with van der Waals surface area (Å²) in [6.45, 7) is 2.23. The van der Waals surface area contributed by atoms with E-state index in [1.165, 1.54) is 38.5 Å². The molecule has 4 bridgehead atoms. The Morgan fingerprint density at radius 2 is 1.79 bits per heavy atom. The van der Waals surface area contributed by atoms with Crippen molar-refractivity contribution in [1.82, 2.24) is 10.3 Å². The average molecular weight is 397 g/mol. The molecule has 0 spiro atoms. The number of aromatic nitrogens is 1. The van der Waals surface area contributed by atoms with Gasteiger partial charge in [0.05, 0.1) is 12.1 Å². The van der Waals surface area contributed by atoms with E-state index in [1.54, 1.807) is 23.5 Å². The lowest BCUT2D eigenvalue weighted by molar-refractivity contribution is -0.125. The van der Waals surface area contributed by atoms with Gasteiger partial charge in [-0.25, -0.2) is 4.98 Å². The van der Waals surface area contributed by atoms with Crippen LogP contribution in [0.2, 0.25) is 0 Å². The van der Waals surface area contributed by atoms with Gasteiger partial charge >= 0.3 is 0 Å². The molecule has 0 radical (unpaired) electrons. The zero-order chi connectivity index (χ0) is 19.3. The highest BCUT2D eigenvalue weighted by atomic mass is 32.1. The van der Waals surface area contributed by atoms with Gasteiger partial charge in [0, 0.05) is 17.0 Å². The normalized spacial score (nSPS) is 31.7. The van der Waals surface area contributed by atoms with E-state index in [0.29, 0.717) is 11.8 Å². The van der Waals surface area contributed by atoms with Gasteiger partial charge in [0.2, 0.25) is 5.91 Å². The van der Waals surface area contributed by atoms with Crippen LogP contribution in [0.1, 0.15) is 51.1 Å². The molecule has 4 saturated carbocycles. The molecule has 4 aliphatic carbocycles. The molecule has 4 fully saturated rings. The molecular weight excluding hydrogens is 368 g/mol. The second-order valence-corrected chi connectivity index (χ2v) is 10.3. The monoisotopic (exact) mass is 396 g/mol. The van der Waals surface area contributed by atoms with E-state index in [2.05, 4.69) is 17.2 Å². The summed E-state index contributed by atoms with van der Waals surface area (Å²) < 4.78 is 0. The van der Waals surface area contributed by atoms with Gasteiger partial charge in [-0.05, 0) is 92.9 Å². The average Bonchev–Trinajstić information content (AvgIpc) is 3.09. The van der Waals surface area contributed by atoms with E-state index in [9.17, 15) is 9.90 Å². The SMILES string of the molecule is C[C@H](NC(=O)Cc1csc(-c2ccc(O)cc2)n1)C12CC3CC(CC(C3)C1)C2. The Labute approximate surface area is 170 Å². The van der Waals surface area contributed by atoms with Crippen molar-refractivity contribution in [2.45, 2.75) is 57.9 Å². The van der Waals surface area contributed by atoms with Gasteiger partial charge in [0.25, 0.3) is 0 Å². The van der Waals surface area contributed by atoms with Crippen molar-refractivity contribution in [2.24, 2.45) is 23.2 Å². The molecule has 1 aromatic carbocycles. The van der Waals surface area contributed by atoms with Crippen molar-refractivity contribution in [2.75, 3.05) is 0 Å². The number of carbonyl (C=O) groups is 1. The Morgan fingerprint density at radius 3 is 2.39 bits per heavy atom. The van der Waals surface area contributed by atoms with Crippen LogP contribution in [0.3, 0.4) is 0 Å². The molecule has 4 nitrogen and oxygen atoms in total. The van der Waals surface area contributed by atoms with E-state index < -0.39 is 0 Å². The molecular formula is C23H28N2O2S. The number of rotatable bonds is 5. The first kappa shape index (κ1) is 18.2. The van der Waals surface area contributed by atoms with Crippen LogP contribution in [0.4, 0.5) is 0 Å². The van der Waals surface area contributed by atoms with Crippen molar-refractivity contribution >= 4 is 17.2 Å². The number of thiazole rings is 1. The van der Waals surface area contributed by atoms with E-state index in [4.69, 9.17) is 0 Å². The number of nitrogens with one attached hydrogen (secondary N) is 1. The van der Waals surface area contributed by atoms with Gasteiger partial charge in [0.1, 0.15) is 10.8 Å². The molecule has 5 heteroatoms. The Hall–Kier alpha value is -1.88. The fraction of sp³-hybridized carbons (Fsp3) is 0.565. The Morgan fingerprint density at radius 1 is 1.18 bits per heavy atom. The standard InChI is InChI=1S/C23H28N2O2S/c1-14(23-10-15-6-16(11-23)8-17(7-15)12-23)24-21(27)9-19-13-28-22(25-19)18-2-4-20(26)5-3-18/h2-5,13-17,26H,6-12H2,1H3,(H,24,27)/t14-,15?,16?,17?,23?/m0/s1. The minimum Gasteiger partial charge on any atom is -0.508 e. The van der Waals surface area contributed by atoms with Gasteiger partial charge in [-0.2, -0.15) is 0 Å². The fourth-order valence-electron chi connectivity index (χ4n) is 6.44. The molecule has 0 saturated heterocycles. The molecule has 148 valence electrons. The minimum absolute atomic E-state index is 0.0887. The number of amides is 1. The number of aromatic hydroxyl groups is 1. The summed E-state index contributed by atoms with van der Waals surface area (Å²) in [5.41, 5.74) is 2.13. The third-order valence-corrected chi connectivity index (χ3v) is 8.33. The summed E-state index contributed by atoms with van der Waals surface area (Å²) in [6, 6.07) is 7.29. The maximum absolute atomic E-state index is 12.7. The Balaban J connectivity index is 1.22. The minimum atomic E-state index is 0.0887. The predicted molar refractivity (Wildman–Crippen MR) is 111 cm³/mol. The summed E-state index contributed by atoms with van der Waals surface area (Å²) in [5.74, 6) is 3.04. The summed E-state index contributed by atoms with van der Waals surface area (Å²) in [7, 11) is 0. The van der Waals surface area contributed by atoms with Crippen molar-refractivity contribution in [1.29, 1.82) is 0 Å². The van der Waals surface area contributed by atoms with Crippen LogP contribution in [0.25, 0.3) is 10.6 Å². The summed E-state index contributed by atoms with van der Waals surface area (Å²) in [5, 5.41) is 15.6. The maximum atomic E-state index is 12.7. The van der Waals surface area contributed by atoms with Crippen molar-refractivity contribution < 1.29 is 9.90 Å². The van der Waals surface area contributed by atoms with Crippen LogP contribution in [-0.4, -0.2) is 22.0 Å². The molecule has 2 aromatic rings. The number of hydrogen-bond donors (Lipinski definition) is 2. The van der Waals surface area contributed by atoms with Crippen molar-refractivity contribution in [3.05, 3.63) is 35.3 Å². The van der Waals surface area contributed by atoms with Crippen LogP contribution >= 0.6 is 11.3 Å². The van der Waals surface area contributed by atoms with E-state index in [-0.39, 0.29) is 17.7 Å². The van der Waals surface area contributed by atoms with Crippen LogP contribution in [-0.2, 0) is 11.2 Å². The Kier molecular flexibility index (Phi) is 4.46. The van der Waals surface area contributed by atoms with Gasteiger partial charge < -0.3 is 10.4 Å². The second-order valence-electron chi connectivity index (χ2n) is 9.44. The maximum Gasteiger partial charge on any atom is 0.226 e. The molecule has 1 atom stereocenters. The number of phenolic OH excluding ortho intramolecular Hbond substituents is 1. The van der Waals surface area contributed by atoms with Crippen molar-refractivity contribution in [3.8, 4) is 16.3 Å². The zero-order valence-electron chi connectivity index (χ0n) is 16.4. The number of carbonyl (C=O) groups excluding carboxylic acids is 1. The summed E-state index contributed by atoms with van der Waals surface area (Å²) in [4.78, 5) is 17.4. The lowest BCUT2D eigenvalue weighted by atomic mass is 9.48. The molecule has 2 N–H and O–H groups in total.